The summed E-state index contributed by atoms with van der Waals surface area (Å²) in [6.07, 6.45) is 8.24. The maximum atomic E-state index is 12.1. The second-order valence-corrected chi connectivity index (χ2v) is 5.51. The molecular weight excluding hydrogens is 290 g/mol. The highest BCUT2D eigenvalue weighted by atomic mass is 16.1. The zero-order valence-electron chi connectivity index (χ0n) is 12.9. The Morgan fingerprint density at radius 2 is 2.00 bits per heavy atom. The fourth-order valence-corrected chi connectivity index (χ4v) is 3.00. The smallest absolute Gasteiger partial charge is 0.251 e. The van der Waals surface area contributed by atoms with Crippen molar-refractivity contribution < 1.29 is 4.79 Å². The summed E-state index contributed by atoms with van der Waals surface area (Å²) in [4.78, 5) is 20.9. The number of carbonyl (C=O) groups is 1. The maximum absolute atomic E-state index is 12.1. The predicted octanol–water partition coefficient (Wildman–Crippen LogP) is 2.04. The van der Waals surface area contributed by atoms with Crippen LogP contribution in [-0.2, 0) is 13.0 Å². The third-order valence-corrected chi connectivity index (χ3v) is 4.19. The Hall–Kier alpha value is -2.89. The molecule has 1 N–H and O–H groups in total. The van der Waals surface area contributed by atoms with Gasteiger partial charge in [0.2, 0.25) is 0 Å². The Labute approximate surface area is 133 Å². The van der Waals surface area contributed by atoms with Gasteiger partial charge in [0.15, 0.2) is 11.6 Å². The van der Waals surface area contributed by atoms with Crippen molar-refractivity contribution in [2.45, 2.75) is 19.9 Å². The molecule has 2 aromatic heterocycles. The number of fused-ring (bicyclic) bond motifs is 1. The van der Waals surface area contributed by atoms with Crippen molar-refractivity contribution in [2.24, 2.45) is 0 Å². The minimum absolute atomic E-state index is 0.00942. The van der Waals surface area contributed by atoms with E-state index in [1.807, 2.05) is 39.7 Å². The highest BCUT2D eigenvalue weighted by Gasteiger charge is 2.19. The summed E-state index contributed by atoms with van der Waals surface area (Å²) < 4.78 is 4.01. The molecule has 0 atom stereocenters. The summed E-state index contributed by atoms with van der Waals surface area (Å²) in [7, 11) is 0. The summed E-state index contributed by atoms with van der Waals surface area (Å²) in [6, 6.07) is 5.98. The zero-order valence-corrected chi connectivity index (χ0v) is 12.9. The predicted molar refractivity (Wildman–Crippen MR) is 86.5 cm³/mol. The van der Waals surface area contributed by atoms with Gasteiger partial charge in [-0.05, 0) is 31.0 Å². The molecule has 6 heteroatoms. The molecule has 0 aliphatic carbocycles. The highest BCUT2D eigenvalue weighted by Crippen LogP contribution is 2.23. The highest BCUT2D eigenvalue weighted by molar-refractivity contribution is 5.97. The van der Waals surface area contributed by atoms with Gasteiger partial charge in [-0.3, -0.25) is 9.36 Å². The van der Waals surface area contributed by atoms with Gasteiger partial charge in [-0.2, -0.15) is 0 Å². The van der Waals surface area contributed by atoms with E-state index in [4.69, 9.17) is 0 Å². The van der Waals surface area contributed by atoms with Crippen LogP contribution >= 0.6 is 0 Å². The maximum Gasteiger partial charge on any atom is 0.251 e. The van der Waals surface area contributed by atoms with Crippen LogP contribution in [0.25, 0.3) is 17.3 Å². The lowest BCUT2D eigenvalue weighted by molar-refractivity contribution is 0.0946. The third-order valence-electron chi connectivity index (χ3n) is 4.19. The second-order valence-electron chi connectivity index (χ2n) is 5.51. The normalized spacial score (nSPS) is 13.7. The summed E-state index contributed by atoms with van der Waals surface area (Å²) in [5.74, 6) is 1.58. The van der Waals surface area contributed by atoms with Crippen molar-refractivity contribution in [1.29, 1.82) is 0 Å². The lowest BCUT2D eigenvalue weighted by Gasteiger charge is -2.18. The van der Waals surface area contributed by atoms with Gasteiger partial charge in [0.25, 0.3) is 5.91 Å². The first-order chi connectivity index (χ1) is 11.3. The Balaban J connectivity index is 1.83. The number of nitrogens with one attached hydrogen (secondary N) is 1. The number of rotatable bonds is 3. The van der Waals surface area contributed by atoms with Gasteiger partial charge in [0.05, 0.1) is 0 Å². The van der Waals surface area contributed by atoms with Gasteiger partial charge in [0, 0.05) is 49.1 Å². The number of aromatic nitrogens is 4. The molecular formula is C17H17N5O. The van der Waals surface area contributed by atoms with Gasteiger partial charge in [-0.1, -0.05) is 6.07 Å². The van der Waals surface area contributed by atoms with Crippen LogP contribution < -0.4 is 5.32 Å². The average molecular weight is 307 g/mol. The molecule has 0 unspecified atom stereocenters. The number of nitrogens with zero attached hydrogens (tertiary/aromatic N) is 4. The molecule has 0 saturated carbocycles. The fourth-order valence-electron chi connectivity index (χ4n) is 3.00. The number of amides is 1. The average Bonchev–Trinajstić information content (AvgIpc) is 3.23. The van der Waals surface area contributed by atoms with E-state index in [9.17, 15) is 4.79 Å². The van der Waals surface area contributed by atoms with Crippen molar-refractivity contribution in [1.82, 2.24) is 24.4 Å². The van der Waals surface area contributed by atoms with Crippen molar-refractivity contribution in [3.8, 4) is 17.3 Å². The molecule has 0 fully saturated rings. The van der Waals surface area contributed by atoms with Crippen molar-refractivity contribution in [2.75, 3.05) is 6.54 Å². The van der Waals surface area contributed by atoms with E-state index >= 15 is 0 Å². The molecule has 116 valence electrons. The number of hydrogen-bond acceptors (Lipinski definition) is 3. The molecule has 0 bridgehead atoms. The SMILES string of the molecule is CCn1ccnc1-c1nccn1-c1ccc2c(c1)C(=O)NCC2. The van der Waals surface area contributed by atoms with Crippen LogP contribution in [0.2, 0.25) is 0 Å². The lowest BCUT2D eigenvalue weighted by atomic mass is 10.00. The zero-order chi connectivity index (χ0) is 15.8. The molecule has 0 saturated heterocycles. The fraction of sp³-hybridized carbons (Fsp3) is 0.235. The van der Waals surface area contributed by atoms with Crippen LogP contribution in [0, 0.1) is 0 Å². The molecule has 4 rings (SSSR count). The van der Waals surface area contributed by atoms with Crippen molar-refractivity contribution in [3.05, 3.63) is 54.1 Å². The topological polar surface area (TPSA) is 64.7 Å². The molecule has 6 nitrogen and oxygen atoms in total. The van der Waals surface area contributed by atoms with Crippen LogP contribution in [0.5, 0.6) is 0 Å². The largest absolute Gasteiger partial charge is 0.352 e. The van der Waals surface area contributed by atoms with Crippen LogP contribution in [-0.4, -0.2) is 31.6 Å². The van der Waals surface area contributed by atoms with Crippen LogP contribution in [0.4, 0.5) is 0 Å². The molecule has 0 radical (unpaired) electrons. The number of aryl methyl sites for hydroxylation is 1. The molecule has 3 heterocycles. The first-order valence-corrected chi connectivity index (χ1v) is 7.74. The standard InChI is InChI=1S/C17H17N5O/c1-2-21-9-7-18-15(21)16-19-8-10-22(16)13-4-3-12-5-6-20-17(23)14(12)11-13/h3-4,7-11H,2,5-6H2,1H3,(H,20,23). The minimum Gasteiger partial charge on any atom is -0.352 e. The van der Waals surface area contributed by atoms with E-state index in [1.54, 1.807) is 12.4 Å². The van der Waals surface area contributed by atoms with Gasteiger partial charge >= 0.3 is 0 Å². The van der Waals surface area contributed by atoms with E-state index in [2.05, 4.69) is 22.2 Å². The van der Waals surface area contributed by atoms with E-state index in [-0.39, 0.29) is 5.91 Å². The number of benzene rings is 1. The van der Waals surface area contributed by atoms with Gasteiger partial charge in [0.1, 0.15) is 0 Å². The quantitative estimate of drug-likeness (QED) is 0.805. The van der Waals surface area contributed by atoms with E-state index in [0.29, 0.717) is 6.54 Å². The van der Waals surface area contributed by atoms with Gasteiger partial charge in [-0.15, -0.1) is 0 Å². The summed E-state index contributed by atoms with van der Waals surface area (Å²) in [5, 5.41) is 2.89. The summed E-state index contributed by atoms with van der Waals surface area (Å²) in [6.45, 7) is 3.60. The molecule has 1 aromatic carbocycles. The van der Waals surface area contributed by atoms with Crippen LogP contribution in [0.1, 0.15) is 22.8 Å². The van der Waals surface area contributed by atoms with E-state index in [1.165, 1.54) is 0 Å². The molecule has 1 amide bonds. The number of imidazole rings is 2. The third kappa shape index (κ3) is 2.23. The molecule has 1 aliphatic heterocycles. The first-order valence-electron chi connectivity index (χ1n) is 7.74. The molecule has 3 aromatic rings. The van der Waals surface area contributed by atoms with Crippen LogP contribution in [0.3, 0.4) is 0 Å². The molecule has 23 heavy (non-hydrogen) atoms. The summed E-state index contributed by atoms with van der Waals surface area (Å²) >= 11 is 0. The Morgan fingerprint density at radius 1 is 1.17 bits per heavy atom. The Kier molecular flexibility index (Phi) is 3.22. The van der Waals surface area contributed by atoms with Crippen LogP contribution in [0.15, 0.2) is 43.0 Å². The Morgan fingerprint density at radius 3 is 2.87 bits per heavy atom. The molecule has 0 spiro atoms. The van der Waals surface area contributed by atoms with Crippen molar-refractivity contribution in [3.63, 3.8) is 0 Å². The first kappa shape index (κ1) is 13.8. The summed E-state index contributed by atoms with van der Waals surface area (Å²) in [5.41, 5.74) is 2.75. The Bertz CT molecular complexity index is 877. The van der Waals surface area contributed by atoms with Crippen molar-refractivity contribution >= 4 is 5.91 Å². The minimum atomic E-state index is -0.00942. The number of hydrogen-bond donors (Lipinski definition) is 1. The van der Waals surface area contributed by atoms with E-state index < -0.39 is 0 Å². The number of carbonyl (C=O) groups excluding carboxylic acids is 1. The van der Waals surface area contributed by atoms with E-state index in [0.717, 1.165) is 41.4 Å². The lowest BCUT2D eigenvalue weighted by Crippen LogP contribution is -2.31. The van der Waals surface area contributed by atoms with Gasteiger partial charge < -0.3 is 9.88 Å². The van der Waals surface area contributed by atoms with Gasteiger partial charge in [-0.25, -0.2) is 9.97 Å². The monoisotopic (exact) mass is 307 g/mol. The molecule has 1 aliphatic rings. The second kappa shape index (κ2) is 5.39.